The minimum absolute atomic E-state index is 0.0421. The molecule has 0 heterocycles. The van der Waals surface area contributed by atoms with Crippen LogP contribution in [-0.4, -0.2) is 12.0 Å². The number of para-hydroxylation sites is 2. The van der Waals surface area contributed by atoms with Crippen molar-refractivity contribution in [1.82, 2.24) is 0 Å². The largest absolute Gasteiger partial charge is 0.489 e. The van der Waals surface area contributed by atoms with Crippen LogP contribution in [0.2, 0.25) is 0 Å². The zero-order chi connectivity index (χ0) is 14.5. The molecule has 0 saturated carbocycles. The molecular weight excluding hydrogens is 252 g/mol. The molecule has 0 radical (unpaired) electrons. The normalized spacial score (nSPS) is 10.3. The Bertz CT molecular complexity index is 609. The molecule has 3 N–H and O–H groups in total. The summed E-state index contributed by atoms with van der Waals surface area (Å²) in [4.78, 5) is 12.2. The van der Waals surface area contributed by atoms with Crippen LogP contribution in [0, 0.1) is 0 Å². The molecule has 2 aromatic carbocycles. The van der Waals surface area contributed by atoms with Crippen molar-refractivity contribution < 1.29 is 9.53 Å². The van der Waals surface area contributed by atoms with Crippen LogP contribution in [0.25, 0.3) is 0 Å². The molecule has 0 aliphatic heterocycles. The Labute approximate surface area is 118 Å². The van der Waals surface area contributed by atoms with Crippen molar-refractivity contribution in [2.24, 2.45) is 0 Å². The van der Waals surface area contributed by atoms with Gasteiger partial charge in [0.05, 0.1) is 11.8 Å². The highest BCUT2D eigenvalue weighted by molar-refractivity contribution is 6.05. The molecule has 4 heteroatoms. The lowest BCUT2D eigenvalue weighted by atomic mass is 10.2. The van der Waals surface area contributed by atoms with Crippen LogP contribution >= 0.6 is 0 Å². The number of rotatable bonds is 4. The summed E-state index contributed by atoms with van der Waals surface area (Å²) in [5.41, 5.74) is 7.41. The minimum atomic E-state index is -0.211. The van der Waals surface area contributed by atoms with Gasteiger partial charge in [-0.1, -0.05) is 18.2 Å². The number of nitrogens with two attached hydrogens (primary N) is 1. The predicted molar refractivity (Wildman–Crippen MR) is 81.0 cm³/mol. The molecule has 0 aliphatic rings. The van der Waals surface area contributed by atoms with Gasteiger partial charge >= 0.3 is 0 Å². The van der Waals surface area contributed by atoms with Gasteiger partial charge in [-0.15, -0.1) is 0 Å². The van der Waals surface area contributed by atoms with Crippen molar-refractivity contribution in [3.8, 4) is 5.75 Å². The molecule has 0 bridgehead atoms. The van der Waals surface area contributed by atoms with Gasteiger partial charge in [-0.2, -0.15) is 0 Å². The molecule has 0 fully saturated rings. The Kier molecular flexibility index (Phi) is 4.25. The maximum absolute atomic E-state index is 12.2. The molecule has 0 unspecified atom stereocenters. The third-order valence-corrected chi connectivity index (χ3v) is 2.65. The third-order valence-electron chi connectivity index (χ3n) is 2.65. The molecular formula is C16H18N2O2. The van der Waals surface area contributed by atoms with Crippen LogP contribution < -0.4 is 15.8 Å². The number of benzene rings is 2. The number of ether oxygens (including phenoxy) is 1. The van der Waals surface area contributed by atoms with E-state index in [1.807, 2.05) is 38.1 Å². The molecule has 0 saturated heterocycles. The van der Waals surface area contributed by atoms with Crippen molar-refractivity contribution in [1.29, 1.82) is 0 Å². The lowest BCUT2D eigenvalue weighted by Crippen LogP contribution is -2.14. The summed E-state index contributed by atoms with van der Waals surface area (Å²) in [7, 11) is 0. The van der Waals surface area contributed by atoms with Crippen LogP contribution in [0.3, 0.4) is 0 Å². The summed E-state index contributed by atoms with van der Waals surface area (Å²) in [5.74, 6) is 0.442. The number of nitrogen functional groups attached to an aromatic ring is 1. The molecule has 4 nitrogen and oxygen atoms in total. The maximum atomic E-state index is 12.2. The summed E-state index contributed by atoms with van der Waals surface area (Å²) in [5, 5.41) is 2.84. The van der Waals surface area contributed by atoms with Crippen molar-refractivity contribution in [2.75, 3.05) is 11.1 Å². The van der Waals surface area contributed by atoms with Gasteiger partial charge in [0.1, 0.15) is 5.75 Å². The predicted octanol–water partition coefficient (Wildman–Crippen LogP) is 3.31. The van der Waals surface area contributed by atoms with Crippen molar-refractivity contribution in [3.05, 3.63) is 54.1 Å². The number of carbonyl (C=O) groups is 1. The second kappa shape index (κ2) is 6.10. The first-order valence-corrected chi connectivity index (χ1v) is 6.49. The average Bonchev–Trinajstić information content (AvgIpc) is 2.40. The van der Waals surface area contributed by atoms with Crippen LogP contribution in [0.1, 0.15) is 24.2 Å². The minimum Gasteiger partial charge on any atom is -0.489 e. The Morgan fingerprint density at radius 2 is 1.90 bits per heavy atom. The Morgan fingerprint density at radius 3 is 2.60 bits per heavy atom. The molecule has 1 amide bonds. The van der Waals surface area contributed by atoms with Crippen LogP contribution in [0.15, 0.2) is 48.5 Å². The average molecular weight is 270 g/mol. The molecule has 0 aromatic heterocycles. The van der Waals surface area contributed by atoms with E-state index in [9.17, 15) is 4.79 Å². The van der Waals surface area contributed by atoms with Crippen LogP contribution in [-0.2, 0) is 0 Å². The maximum Gasteiger partial charge on any atom is 0.255 e. The van der Waals surface area contributed by atoms with Crippen molar-refractivity contribution >= 4 is 17.3 Å². The quantitative estimate of drug-likeness (QED) is 0.838. The van der Waals surface area contributed by atoms with Gasteiger partial charge < -0.3 is 15.8 Å². The zero-order valence-electron chi connectivity index (χ0n) is 11.6. The van der Waals surface area contributed by atoms with Gasteiger partial charge in [-0.3, -0.25) is 4.79 Å². The van der Waals surface area contributed by atoms with Gasteiger partial charge in [0.2, 0.25) is 0 Å². The molecule has 20 heavy (non-hydrogen) atoms. The first-order chi connectivity index (χ1) is 9.56. The fraction of sp³-hybridized carbons (Fsp3) is 0.188. The third kappa shape index (κ3) is 3.51. The van der Waals surface area contributed by atoms with Gasteiger partial charge in [-0.05, 0) is 44.2 Å². The van der Waals surface area contributed by atoms with E-state index in [0.29, 0.717) is 22.7 Å². The fourth-order valence-electron chi connectivity index (χ4n) is 1.80. The summed E-state index contributed by atoms with van der Waals surface area (Å²) in [6, 6.07) is 14.2. The van der Waals surface area contributed by atoms with E-state index >= 15 is 0 Å². The summed E-state index contributed by atoms with van der Waals surface area (Å²) in [6.45, 7) is 3.88. The summed E-state index contributed by atoms with van der Waals surface area (Å²) >= 11 is 0. The highest BCUT2D eigenvalue weighted by atomic mass is 16.5. The topological polar surface area (TPSA) is 64.3 Å². The van der Waals surface area contributed by atoms with Gasteiger partial charge in [-0.25, -0.2) is 0 Å². The standard InChI is InChI=1S/C16H18N2O2/c1-11(2)20-15-9-4-3-8-14(15)18-16(19)12-6-5-7-13(17)10-12/h3-11H,17H2,1-2H3,(H,18,19). The first-order valence-electron chi connectivity index (χ1n) is 6.49. The number of hydrogen-bond acceptors (Lipinski definition) is 3. The number of amides is 1. The number of nitrogens with one attached hydrogen (secondary N) is 1. The van der Waals surface area contributed by atoms with Crippen molar-refractivity contribution in [2.45, 2.75) is 20.0 Å². The Balaban J connectivity index is 2.19. The molecule has 104 valence electrons. The van der Waals surface area contributed by atoms with E-state index in [1.54, 1.807) is 24.3 Å². The van der Waals surface area contributed by atoms with Crippen LogP contribution in [0.4, 0.5) is 11.4 Å². The Morgan fingerprint density at radius 1 is 1.15 bits per heavy atom. The molecule has 2 aromatic rings. The smallest absolute Gasteiger partial charge is 0.255 e. The second-order valence-electron chi connectivity index (χ2n) is 4.74. The summed E-state index contributed by atoms with van der Waals surface area (Å²) < 4.78 is 5.67. The van der Waals surface area contributed by atoms with Gasteiger partial charge in [0.25, 0.3) is 5.91 Å². The van der Waals surface area contributed by atoms with E-state index in [2.05, 4.69) is 5.32 Å². The van der Waals surface area contributed by atoms with E-state index in [0.717, 1.165) is 0 Å². The molecule has 2 rings (SSSR count). The van der Waals surface area contributed by atoms with Crippen LogP contribution in [0.5, 0.6) is 5.75 Å². The summed E-state index contributed by atoms with van der Waals surface area (Å²) in [6.07, 6.45) is 0.0421. The van der Waals surface area contributed by atoms with Gasteiger partial charge in [0.15, 0.2) is 0 Å². The SMILES string of the molecule is CC(C)Oc1ccccc1NC(=O)c1cccc(N)c1. The molecule has 0 aliphatic carbocycles. The van der Waals surface area contributed by atoms with E-state index in [1.165, 1.54) is 0 Å². The first kappa shape index (κ1) is 13.9. The van der Waals surface area contributed by atoms with E-state index in [4.69, 9.17) is 10.5 Å². The molecule has 0 atom stereocenters. The van der Waals surface area contributed by atoms with Crippen molar-refractivity contribution in [3.63, 3.8) is 0 Å². The fourth-order valence-corrected chi connectivity index (χ4v) is 1.80. The zero-order valence-corrected chi connectivity index (χ0v) is 11.6. The number of hydrogen-bond donors (Lipinski definition) is 2. The van der Waals surface area contributed by atoms with E-state index in [-0.39, 0.29) is 12.0 Å². The Hall–Kier alpha value is -2.49. The lowest BCUT2D eigenvalue weighted by molar-refractivity contribution is 0.102. The van der Waals surface area contributed by atoms with Gasteiger partial charge in [0, 0.05) is 11.3 Å². The van der Waals surface area contributed by atoms with E-state index < -0.39 is 0 Å². The molecule has 0 spiro atoms. The highest BCUT2D eigenvalue weighted by Gasteiger charge is 2.10. The second-order valence-corrected chi connectivity index (χ2v) is 4.74. The lowest BCUT2D eigenvalue weighted by Gasteiger charge is -2.14. The number of carbonyl (C=O) groups excluding carboxylic acids is 1. The highest BCUT2D eigenvalue weighted by Crippen LogP contribution is 2.25. The number of anilines is 2. The monoisotopic (exact) mass is 270 g/mol.